The lowest BCUT2D eigenvalue weighted by atomic mass is 10.1. The summed E-state index contributed by atoms with van der Waals surface area (Å²) in [6.45, 7) is 5.29. The van der Waals surface area contributed by atoms with E-state index in [-0.39, 0.29) is 41.6 Å². The van der Waals surface area contributed by atoms with Crippen LogP contribution in [0.3, 0.4) is 0 Å². The molecule has 1 heterocycles. The Hall–Kier alpha value is -3.00. The fraction of sp³-hybridized carbons (Fsp3) is 0.429. The Balaban J connectivity index is 1.70. The van der Waals surface area contributed by atoms with Gasteiger partial charge >= 0.3 is 0 Å². The standard InChI is InChI=1S/C28H34FN3O3S/c1-21(2)17-31(27(33)23-12-6-7-13-23)19-25-16-30-28(32(25)18-22-10-4-3-5-11-22)36(34,35)20-24-14-8-9-15-26(24)29/h3-5,8-11,14-16,21,23H,6-7,12-13,17-20H2,1-2H3. The van der Waals surface area contributed by atoms with E-state index in [4.69, 9.17) is 0 Å². The summed E-state index contributed by atoms with van der Waals surface area (Å²) in [4.78, 5) is 19.5. The first-order valence-electron chi connectivity index (χ1n) is 12.6. The van der Waals surface area contributed by atoms with Gasteiger partial charge in [-0.2, -0.15) is 0 Å². The first-order chi connectivity index (χ1) is 17.2. The largest absolute Gasteiger partial charge is 0.336 e. The van der Waals surface area contributed by atoms with Crippen LogP contribution in [0.25, 0.3) is 0 Å². The third-order valence-corrected chi connectivity index (χ3v) is 8.19. The van der Waals surface area contributed by atoms with Crippen LogP contribution in [0.1, 0.15) is 56.4 Å². The summed E-state index contributed by atoms with van der Waals surface area (Å²) in [5.41, 5.74) is 1.67. The molecular formula is C28H34FN3O3S. The molecule has 0 saturated heterocycles. The first-order valence-corrected chi connectivity index (χ1v) is 14.2. The van der Waals surface area contributed by atoms with E-state index in [2.05, 4.69) is 18.8 Å². The van der Waals surface area contributed by atoms with Gasteiger partial charge in [0.2, 0.25) is 20.9 Å². The van der Waals surface area contributed by atoms with Crippen molar-refractivity contribution in [3.63, 3.8) is 0 Å². The summed E-state index contributed by atoms with van der Waals surface area (Å²) >= 11 is 0. The van der Waals surface area contributed by atoms with Crippen LogP contribution in [0, 0.1) is 17.7 Å². The number of sulfone groups is 1. The molecule has 8 heteroatoms. The van der Waals surface area contributed by atoms with Crippen molar-refractivity contribution in [2.75, 3.05) is 6.54 Å². The van der Waals surface area contributed by atoms with E-state index in [1.807, 2.05) is 35.2 Å². The molecule has 0 bridgehead atoms. The topological polar surface area (TPSA) is 72.3 Å². The highest BCUT2D eigenvalue weighted by Gasteiger charge is 2.30. The fourth-order valence-electron chi connectivity index (χ4n) is 4.89. The van der Waals surface area contributed by atoms with E-state index in [1.54, 1.807) is 16.8 Å². The van der Waals surface area contributed by atoms with E-state index in [1.165, 1.54) is 18.2 Å². The molecule has 0 atom stereocenters. The minimum atomic E-state index is -3.95. The molecule has 1 aliphatic carbocycles. The fourth-order valence-corrected chi connectivity index (χ4v) is 6.39. The van der Waals surface area contributed by atoms with Gasteiger partial charge in [-0.1, -0.05) is 75.2 Å². The smallest absolute Gasteiger partial charge is 0.228 e. The van der Waals surface area contributed by atoms with Crippen molar-refractivity contribution in [2.45, 2.75) is 63.5 Å². The SMILES string of the molecule is CC(C)CN(Cc1cnc(S(=O)(=O)Cc2ccccc2F)n1Cc1ccccc1)C(=O)C1CCCC1. The number of hydrogen-bond donors (Lipinski definition) is 0. The lowest BCUT2D eigenvalue weighted by molar-refractivity contribution is -0.136. The van der Waals surface area contributed by atoms with Gasteiger partial charge in [0.25, 0.3) is 0 Å². The third kappa shape index (κ3) is 6.22. The summed E-state index contributed by atoms with van der Waals surface area (Å²) in [5.74, 6) is -0.623. The van der Waals surface area contributed by atoms with Crippen LogP contribution in [0.2, 0.25) is 0 Å². The molecule has 0 spiro atoms. The molecule has 1 aromatic heterocycles. The number of carbonyl (C=O) groups is 1. The van der Waals surface area contributed by atoms with Gasteiger partial charge in [0.15, 0.2) is 0 Å². The van der Waals surface area contributed by atoms with E-state index in [0.29, 0.717) is 12.2 Å². The number of halogens is 1. The summed E-state index contributed by atoms with van der Waals surface area (Å²) in [7, 11) is -3.95. The van der Waals surface area contributed by atoms with Gasteiger partial charge in [-0.25, -0.2) is 17.8 Å². The Bertz CT molecular complexity index is 1280. The van der Waals surface area contributed by atoms with Crippen LogP contribution >= 0.6 is 0 Å². The highest BCUT2D eigenvalue weighted by atomic mass is 32.2. The van der Waals surface area contributed by atoms with Crippen molar-refractivity contribution in [2.24, 2.45) is 11.8 Å². The average molecular weight is 512 g/mol. The number of rotatable bonds is 10. The van der Waals surface area contributed by atoms with Crippen LogP contribution < -0.4 is 0 Å². The molecular weight excluding hydrogens is 477 g/mol. The number of amides is 1. The first kappa shape index (κ1) is 26.1. The molecule has 1 saturated carbocycles. The van der Waals surface area contributed by atoms with Gasteiger partial charge in [-0.3, -0.25) is 4.79 Å². The van der Waals surface area contributed by atoms with E-state index in [0.717, 1.165) is 31.2 Å². The third-order valence-electron chi connectivity index (χ3n) is 6.62. The lowest BCUT2D eigenvalue weighted by Gasteiger charge is -2.28. The zero-order valence-electron chi connectivity index (χ0n) is 20.9. The molecule has 0 aliphatic heterocycles. The second-order valence-corrected chi connectivity index (χ2v) is 11.9. The molecule has 1 amide bonds. The quantitative estimate of drug-likeness (QED) is 0.374. The van der Waals surface area contributed by atoms with Crippen LogP contribution in [0.5, 0.6) is 0 Å². The van der Waals surface area contributed by atoms with Crippen LogP contribution in [-0.2, 0) is 33.5 Å². The monoisotopic (exact) mass is 511 g/mol. The molecule has 2 aromatic carbocycles. The van der Waals surface area contributed by atoms with Gasteiger partial charge in [-0.15, -0.1) is 0 Å². The van der Waals surface area contributed by atoms with Gasteiger partial charge in [-0.05, 0) is 30.4 Å². The van der Waals surface area contributed by atoms with Crippen LogP contribution in [-0.4, -0.2) is 35.3 Å². The average Bonchev–Trinajstić information content (AvgIpc) is 3.51. The van der Waals surface area contributed by atoms with Gasteiger partial charge in [0.1, 0.15) is 5.82 Å². The minimum Gasteiger partial charge on any atom is -0.336 e. The van der Waals surface area contributed by atoms with Gasteiger partial charge in [0.05, 0.1) is 30.7 Å². The molecule has 4 rings (SSSR count). The van der Waals surface area contributed by atoms with E-state index >= 15 is 0 Å². The van der Waals surface area contributed by atoms with Crippen molar-refractivity contribution in [1.29, 1.82) is 0 Å². The maximum atomic E-state index is 14.3. The molecule has 36 heavy (non-hydrogen) atoms. The number of nitrogens with zero attached hydrogens (tertiary/aromatic N) is 3. The van der Waals surface area contributed by atoms with E-state index in [9.17, 15) is 17.6 Å². The maximum Gasteiger partial charge on any atom is 0.228 e. The van der Waals surface area contributed by atoms with Crippen molar-refractivity contribution < 1.29 is 17.6 Å². The Morgan fingerprint density at radius 2 is 1.75 bits per heavy atom. The highest BCUT2D eigenvalue weighted by Crippen LogP contribution is 2.28. The van der Waals surface area contributed by atoms with Crippen molar-refractivity contribution in [3.8, 4) is 0 Å². The summed E-state index contributed by atoms with van der Waals surface area (Å²) in [6, 6.07) is 15.4. The molecule has 1 aliphatic rings. The zero-order chi connectivity index (χ0) is 25.7. The Morgan fingerprint density at radius 3 is 2.42 bits per heavy atom. The predicted octanol–water partition coefficient (Wildman–Crippen LogP) is 5.22. The van der Waals surface area contributed by atoms with Crippen molar-refractivity contribution in [3.05, 3.63) is 83.4 Å². The molecule has 0 N–H and O–H groups in total. The molecule has 0 unspecified atom stereocenters. The van der Waals surface area contributed by atoms with Crippen LogP contribution in [0.4, 0.5) is 4.39 Å². The Morgan fingerprint density at radius 1 is 1.08 bits per heavy atom. The number of hydrogen-bond acceptors (Lipinski definition) is 4. The molecule has 6 nitrogen and oxygen atoms in total. The minimum absolute atomic E-state index is 0.0264. The second kappa shape index (κ2) is 11.4. The molecule has 0 radical (unpaired) electrons. The Kier molecular flexibility index (Phi) is 8.24. The lowest BCUT2D eigenvalue weighted by Crippen LogP contribution is -2.38. The molecule has 192 valence electrons. The predicted molar refractivity (Wildman–Crippen MR) is 137 cm³/mol. The molecule has 1 fully saturated rings. The van der Waals surface area contributed by atoms with E-state index < -0.39 is 21.4 Å². The van der Waals surface area contributed by atoms with Crippen LogP contribution in [0.15, 0.2) is 66.0 Å². The highest BCUT2D eigenvalue weighted by molar-refractivity contribution is 7.90. The summed E-state index contributed by atoms with van der Waals surface area (Å²) in [6.07, 6.45) is 5.48. The molecule has 3 aromatic rings. The number of benzene rings is 2. The summed E-state index contributed by atoms with van der Waals surface area (Å²) < 4.78 is 42.9. The van der Waals surface area contributed by atoms with Crippen molar-refractivity contribution >= 4 is 15.7 Å². The van der Waals surface area contributed by atoms with Crippen molar-refractivity contribution in [1.82, 2.24) is 14.5 Å². The van der Waals surface area contributed by atoms with Gasteiger partial charge < -0.3 is 9.47 Å². The number of carbonyl (C=O) groups excluding carboxylic acids is 1. The number of imidazole rings is 1. The second-order valence-electron chi connectivity index (χ2n) is 10.0. The normalized spacial score (nSPS) is 14.4. The summed E-state index contributed by atoms with van der Waals surface area (Å²) in [5, 5.41) is -0.109. The maximum absolute atomic E-state index is 14.3. The zero-order valence-corrected chi connectivity index (χ0v) is 21.8. The number of aromatic nitrogens is 2. The Labute approximate surface area is 213 Å². The van der Waals surface area contributed by atoms with Gasteiger partial charge in [0, 0.05) is 18.0 Å².